The third kappa shape index (κ3) is 5.39. The number of carbonyl (C=O) groups is 6. The second kappa shape index (κ2) is 13.7. The average Bonchev–Trinajstić information content (AvgIpc) is 4.13. The number of aliphatic hydroxyl groups excluding tert-OH is 1. The Labute approximate surface area is 373 Å². The number of halogens is 1. The maximum atomic E-state index is 15.5. The van der Waals surface area contributed by atoms with Gasteiger partial charge in [-0.15, -0.1) is 0 Å². The number of hydrogen-bond acceptors (Lipinski definition) is 14. The van der Waals surface area contributed by atoms with Crippen LogP contribution in [0.25, 0.3) is 0 Å². The third-order valence-corrected chi connectivity index (χ3v) is 18.2. The van der Waals surface area contributed by atoms with Gasteiger partial charge in [0.25, 0.3) is 5.79 Å². The van der Waals surface area contributed by atoms with Crippen molar-refractivity contribution in [3.05, 3.63) is 69.7 Å². The molecule has 3 heterocycles. The molecule has 2 aromatic rings. The zero-order chi connectivity index (χ0) is 45.2. The van der Waals surface area contributed by atoms with E-state index >= 15 is 4.79 Å². The third-order valence-electron chi connectivity index (χ3n) is 17.7. The van der Waals surface area contributed by atoms with Crippen molar-refractivity contribution in [2.45, 2.75) is 123 Å². The van der Waals surface area contributed by atoms with Crippen molar-refractivity contribution < 1.29 is 67.0 Å². The number of fused-ring (bicyclic) bond motifs is 9. The summed E-state index contributed by atoms with van der Waals surface area (Å²) in [4.78, 5) is 84.7. The highest BCUT2D eigenvalue weighted by molar-refractivity contribution is 9.10. The first-order chi connectivity index (χ1) is 29.6. The fourth-order valence-electron chi connectivity index (χ4n) is 15.1. The van der Waals surface area contributed by atoms with Gasteiger partial charge >= 0.3 is 29.8 Å². The Balaban J connectivity index is 1.17. The van der Waals surface area contributed by atoms with Crippen molar-refractivity contribution in [1.29, 1.82) is 0 Å². The highest BCUT2D eigenvalue weighted by Crippen LogP contribution is 2.81. The zero-order valence-electron chi connectivity index (χ0n) is 36.6. The molecule has 20 atom stereocenters. The topological polar surface area (TPSA) is 194 Å². The second-order valence-corrected chi connectivity index (χ2v) is 21.3. The quantitative estimate of drug-likeness (QED) is 0.215. The molecule has 63 heavy (non-hydrogen) atoms. The van der Waals surface area contributed by atoms with E-state index < -0.39 is 141 Å². The molecule has 0 bridgehead atoms. The molecule has 1 spiro atoms. The summed E-state index contributed by atoms with van der Waals surface area (Å²) in [6, 6.07) is 13.3. The Bertz CT molecular complexity index is 2350. The van der Waals surface area contributed by atoms with Crippen LogP contribution in [-0.4, -0.2) is 94.9 Å². The van der Waals surface area contributed by atoms with E-state index in [0.29, 0.717) is 0 Å². The van der Waals surface area contributed by atoms with Gasteiger partial charge in [-0.1, -0.05) is 61.3 Å². The molecule has 336 valence electrons. The van der Waals surface area contributed by atoms with Gasteiger partial charge in [-0.05, 0) is 87.3 Å². The Morgan fingerprint density at radius 1 is 0.762 bits per heavy atom. The highest BCUT2D eigenvalue weighted by atomic mass is 79.9. The van der Waals surface area contributed by atoms with Gasteiger partial charge in [-0.2, -0.15) is 0 Å². The summed E-state index contributed by atoms with van der Waals surface area (Å²) in [6.45, 7) is 15.5. The fourth-order valence-corrected chi connectivity index (χ4v) is 15.4. The molecule has 14 nitrogen and oxygen atoms in total. The first-order valence-electron chi connectivity index (χ1n) is 22.0. The molecule has 1 N–H and O–H groups in total. The molecule has 5 saturated carbocycles. The van der Waals surface area contributed by atoms with Crippen LogP contribution < -0.4 is 0 Å². The SMILES string of the molecule is CC(=O)O[C@H]1[C@@H](C)[C@H]2[C@H]([C@@H]3[C@@H](O)[C@@H]4[C@H]([C@H](C)[C@H]5O[C@]56OC(=O)[C@@](C)(OC(=O)c5ccc(C)cc5)[C@]46C)[C@]31C)[C@@H](OC(=O)c1ccc(Br)cc1)C(=O)[C@H]1C[C@@H]3O[C@@H]3[C@H](OC(C)=O)[C@]21C. The van der Waals surface area contributed by atoms with Crippen LogP contribution in [-0.2, 0) is 52.3 Å². The lowest BCUT2D eigenvalue weighted by atomic mass is 9.39. The number of epoxide rings is 2. The number of rotatable bonds is 6. The molecule has 0 aromatic heterocycles. The summed E-state index contributed by atoms with van der Waals surface area (Å²) in [5.41, 5.74) is -4.56. The summed E-state index contributed by atoms with van der Waals surface area (Å²) < 4.78 is 45.0. The number of Topliss-reactive ketones (excluding diaryl/α,β-unsaturated/α-hetero) is 1. The Kier molecular flexibility index (Phi) is 9.28. The number of ketones is 1. The van der Waals surface area contributed by atoms with Crippen molar-refractivity contribution in [2.75, 3.05) is 0 Å². The molecule has 8 aliphatic rings. The van der Waals surface area contributed by atoms with Crippen LogP contribution >= 0.6 is 15.9 Å². The van der Waals surface area contributed by atoms with E-state index in [1.165, 1.54) is 20.8 Å². The maximum absolute atomic E-state index is 15.5. The van der Waals surface area contributed by atoms with E-state index in [-0.39, 0.29) is 29.4 Å². The number of esters is 5. The van der Waals surface area contributed by atoms with Crippen LogP contribution in [0.5, 0.6) is 0 Å². The molecule has 10 rings (SSSR count). The second-order valence-electron chi connectivity index (χ2n) is 20.4. The van der Waals surface area contributed by atoms with Crippen LogP contribution in [0.2, 0.25) is 0 Å². The van der Waals surface area contributed by atoms with E-state index in [9.17, 15) is 29.1 Å². The monoisotopic (exact) mass is 932 g/mol. The van der Waals surface area contributed by atoms with Crippen molar-refractivity contribution in [2.24, 2.45) is 63.6 Å². The predicted molar refractivity (Wildman–Crippen MR) is 221 cm³/mol. The first kappa shape index (κ1) is 42.8. The molecular weight excluding hydrogens is 880 g/mol. The fraction of sp³-hybridized carbons (Fsp3) is 0.625. The van der Waals surface area contributed by atoms with Gasteiger partial charge in [0.15, 0.2) is 11.9 Å². The van der Waals surface area contributed by atoms with Gasteiger partial charge in [0.05, 0.1) is 28.7 Å². The molecule has 3 aliphatic heterocycles. The van der Waals surface area contributed by atoms with Gasteiger partial charge in [-0.25, -0.2) is 14.4 Å². The molecule has 0 radical (unpaired) electrons. The largest absolute Gasteiger partial charge is 0.462 e. The number of aryl methyl sites for hydroxylation is 1. The summed E-state index contributed by atoms with van der Waals surface area (Å²) in [5.74, 6) is -11.4. The summed E-state index contributed by atoms with van der Waals surface area (Å²) in [6.07, 6.45) is -5.92. The van der Waals surface area contributed by atoms with Crippen molar-refractivity contribution in [3.8, 4) is 0 Å². The molecular formula is C48H53BrO14. The van der Waals surface area contributed by atoms with Gasteiger partial charge in [0.1, 0.15) is 24.4 Å². The Hall–Kier alpha value is -4.18. The molecule has 15 heteroatoms. The maximum Gasteiger partial charge on any atom is 0.353 e. The molecule has 3 saturated heterocycles. The van der Waals surface area contributed by atoms with Gasteiger partial charge in [0, 0.05) is 52.8 Å². The van der Waals surface area contributed by atoms with Gasteiger partial charge in [-0.3, -0.25) is 14.4 Å². The van der Waals surface area contributed by atoms with Crippen molar-refractivity contribution in [1.82, 2.24) is 0 Å². The van der Waals surface area contributed by atoms with Crippen LogP contribution in [0.1, 0.15) is 88.1 Å². The Morgan fingerprint density at radius 2 is 1.37 bits per heavy atom. The van der Waals surface area contributed by atoms with Crippen molar-refractivity contribution >= 4 is 51.6 Å². The molecule has 5 aliphatic carbocycles. The van der Waals surface area contributed by atoms with Crippen LogP contribution in [0.3, 0.4) is 0 Å². The highest BCUT2D eigenvalue weighted by Gasteiger charge is 2.94. The minimum absolute atomic E-state index is 0.209. The minimum Gasteiger partial charge on any atom is -0.462 e. The number of benzene rings is 2. The van der Waals surface area contributed by atoms with E-state index in [1.807, 2.05) is 34.6 Å². The normalized spacial score (nSPS) is 48.0. The number of hydrogen-bond donors (Lipinski definition) is 1. The predicted octanol–water partition coefficient (Wildman–Crippen LogP) is 5.56. The van der Waals surface area contributed by atoms with E-state index in [1.54, 1.807) is 55.5 Å². The summed E-state index contributed by atoms with van der Waals surface area (Å²) >= 11 is 3.42. The van der Waals surface area contributed by atoms with E-state index in [4.69, 9.17) is 33.2 Å². The van der Waals surface area contributed by atoms with E-state index in [2.05, 4.69) is 15.9 Å². The van der Waals surface area contributed by atoms with Crippen LogP contribution in [0.4, 0.5) is 0 Å². The van der Waals surface area contributed by atoms with Gasteiger partial charge in [0.2, 0.25) is 5.60 Å². The van der Waals surface area contributed by atoms with Crippen molar-refractivity contribution in [3.63, 3.8) is 0 Å². The lowest BCUT2D eigenvalue weighted by Crippen LogP contribution is -2.72. The lowest BCUT2D eigenvalue weighted by Gasteiger charge is -2.66. The summed E-state index contributed by atoms with van der Waals surface area (Å²) in [7, 11) is 0. The standard InChI is InChI=1S/C48H53BrO14/c1-19-10-12-25(13-11-19)42(55)62-47(9)43(56)63-48-39(61-48)21(3)31-33(46(47,48)8)35(53)32-29-30(20(2)38(45(31,32)7)57-22(4)50)44(6)27(18-28-36(59-28)40(44)58-23(5)51)34(52)37(29)60-41(54)24-14-16-26(49)17-15-24/h10-17,20-21,27-33,35-40,53H,18H2,1-9H3/t20-,21-,27+,28-,29+,30-,31-,32+,33-,35+,36-,37+,38-,39+,40-,44-,45+,46-,47+,48-/m0/s1. The smallest absolute Gasteiger partial charge is 0.353 e. The minimum atomic E-state index is -2.01. The Morgan fingerprint density at radius 3 is 2.00 bits per heavy atom. The molecule has 2 aromatic carbocycles. The molecule has 8 fully saturated rings. The number of aliphatic hydroxyl groups is 1. The van der Waals surface area contributed by atoms with E-state index in [0.717, 1.165) is 10.0 Å². The average molecular weight is 934 g/mol. The zero-order valence-corrected chi connectivity index (χ0v) is 38.2. The molecule has 0 amide bonds. The summed E-state index contributed by atoms with van der Waals surface area (Å²) in [5, 5.41) is 13.6. The van der Waals surface area contributed by atoms with Gasteiger partial charge < -0.3 is 38.3 Å². The lowest BCUT2D eigenvalue weighted by molar-refractivity contribution is -0.252. The number of carbonyl (C=O) groups excluding carboxylic acids is 6. The van der Waals surface area contributed by atoms with Crippen LogP contribution in [0.15, 0.2) is 53.0 Å². The number of ether oxygens (including phenoxy) is 7. The first-order valence-corrected chi connectivity index (χ1v) is 22.8. The van der Waals surface area contributed by atoms with Crippen LogP contribution in [0, 0.1) is 70.5 Å². The molecule has 0 unspecified atom stereocenters.